The first kappa shape index (κ1) is 13.7. The molecule has 3 heteroatoms. The van der Waals surface area contributed by atoms with Crippen molar-refractivity contribution in [3.8, 4) is 0 Å². The number of carbonyl (C=O) groups excluding carboxylic acids is 1. The molecule has 3 nitrogen and oxygen atoms in total. The van der Waals surface area contributed by atoms with Crippen LogP contribution in [0.1, 0.15) is 39.2 Å². The minimum Gasteiger partial charge on any atom is -0.325 e. The highest BCUT2D eigenvalue weighted by atomic mass is 16.2. The smallest absolute Gasteiger partial charge is 0.241 e. The molecule has 1 aromatic rings. The molecule has 0 aromatic heterocycles. The number of hydrogen-bond donors (Lipinski definition) is 2. The third-order valence-electron chi connectivity index (χ3n) is 2.87. The van der Waals surface area contributed by atoms with Gasteiger partial charge in [0.25, 0.3) is 0 Å². The average molecular weight is 234 g/mol. The summed E-state index contributed by atoms with van der Waals surface area (Å²) < 4.78 is 0. The van der Waals surface area contributed by atoms with Crippen LogP contribution in [0.4, 0.5) is 5.69 Å². The van der Waals surface area contributed by atoms with E-state index in [9.17, 15) is 4.79 Å². The molecule has 17 heavy (non-hydrogen) atoms. The summed E-state index contributed by atoms with van der Waals surface area (Å²) in [5.74, 6) is 0.514. The standard InChI is InChI=1S/C14H22N2O/c1-9(2)11-5-7-12(8-6-11)16-14(17)13(15)10(3)4/h5-10,13H,15H2,1-4H3,(H,16,17). The molecule has 0 fully saturated rings. The van der Waals surface area contributed by atoms with Crippen LogP contribution >= 0.6 is 0 Å². The molecule has 0 spiro atoms. The molecule has 94 valence electrons. The van der Waals surface area contributed by atoms with E-state index in [2.05, 4.69) is 19.2 Å². The Labute approximate surface area is 103 Å². The second kappa shape index (κ2) is 5.82. The minimum atomic E-state index is -0.459. The predicted molar refractivity (Wildman–Crippen MR) is 72.0 cm³/mol. The van der Waals surface area contributed by atoms with Crippen LogP contribution in [0.2, 0.25) is 0 Å². The van der Waals surface area contributed by atoms with Crippen LogP contribution in [0.3, 0.4) is 0 Å². The van der Waals surface area contributed by atoms with E-state index in [4.69, 9.17) is 5.73 Å². The molecule has 0 heterocycles. The molecule has 1 rings (SSSR count). The van der Waals surface area contributed by atoms with E-state index in [0.29, 0.717) is 5.92 Å². The van der Waals surface area contributed by atoms with Gasteiger partial charge in [-0.1, -0.05) is 39.8 Å². The van der Waals surface area contributed by atoms with Gasteiger partial charge in [0.15, 0.2) is 0 Å². The van der Waals surface area contributed by atoms with Gasteiger partial charge in [-0.15, -0.1) is 0 Å². The fourth-order valence-electron chi connectivity index (χ4n) is 1.48. The van der Waals surface area contributed by atoms with E-state index in [1.807, 2.05) is 38.1 Å². The Morgan fingerprint density at radius 2 is 1.65 bits per heavy atom. The van der Waals surface area contributed by atoms with Crippen molar-refractivity contribution in [1.29, 1.82) is 0 Å². The molecule has 0 saturated heterocycles. The summed E-state index contributed by atoms with van der Waals surface area (Å²) >= 11 is 0. The van der Waals surface area contributed by atoms with Gasteiger partial charge in [-0.05, 0) is 29.5 Å². The lowest BCUT2D eigenvalue weighted by molar-refractivity contribution is -0.118. The number of hydrogen-bond acceptors (Lipinski definition) is 2. The number of benzene rings is 1. The summed E-state index contributed by atoms with van der Waals surface area (Å²) in [4.78, 5) is 11.7. The van der Waals surface area contributed by atoms with E-state index in [-0.39, 0.29) is 11.8 Å². The van der Waals surface area contributed by atoms with Gasteiger partial charge in [0, 0.05) is 5.69 Å². The first-order valence-electron chi connectivity index (χ1n) is 6.08. The first-order valence-corrected chi connectivity index (χ1v) is 6.08. The Balaban J connectivity index is 2.66. The maximum atomic E-state index is 11.7. The predicted octanol–water partition coefficient (Wildman–Crippen LogP) is 2.73. The lowest BCUT2D eigenvalue weighted by Crippen LogP contribution is -2.39. The maximum absolute atomic E-state index is 11.7. The number of amides is 1. The van der Waals surface area contributed by atoms with E-state index in [0.717, 1.165) is 5.69 Å². The van der Waals surface area contributed by atoms with E-state index in [1.54, 1.807) is 0 Å². The molecule has 1 unspecified atom stereocenters. The van der Waals surface area contributed by atoms with Crippen molar-refractivity contribution >= 4 is 11.6 Å². The van der Waals surface area contributed by atoms with Gasteiger partial charge in [0.2, 0.25) is 5.91 Å². The maximum Gasteiger partial charge on any atom is 0.241 e. The highest BCUT2D eigenvalue weighted by Gasteiger charge is 2.16. The van der Waals surface area contributed by atoms with Crippen LogP contribution in [0.15, 0.2) is 24.3 Å². The van der Waals surface area contributed by atoms with Crippen molar-refractivity contribution in [1.82, 2.24) is 0 Å². The Morgan fingerprint density at radius 3 is 2.06 bits per heavy atom. The van der Waals surface area contributed by atoms with Crippen molar-refractivity contribution in [2.75, 3.05) is 5.32 Å². The van der Waals surface area contributed by atoms with Gasteiger partial charge < -0.3 is 11.1 Å². The monoisotopic (exact) mass is 234 g/mol. The lowest BCUT2D eigenvalue weighted by Gasteiger charge is -2.15. The van der Waals surface area contributed by atoms with E-state index >= 15 is 0 Å². The molecule has 3 N–H and O–H groups in total. The zero-order valence-electron chi connectivity index (χ0n) is 11.0. The van der Waals surface area contributed by atoms with Crippen molar-refractivity contribution in [3.63, 3.8) is 0 Å². The first-order chi connectivity index (χ1) is 7.91. The zero-order valence-corrected chi connectivity index (χ0v) is 11.0. The quantitative estimate of drug-likeness (QED) is 0.841. The minimum absolute atomic E-state index is 0.128. The highest BCUT2D eigenvalue weighted by Crippen LogP contribution is 2.17. The molecular weight excluding hydrogens is 212 g/mol. The third kappa shape index (κ3) is 3.86. The Kier molecular flexibility index (Phi) is 4.70. The van der Waals surface area contributed by atoms with E-state index in [1.165, 1.54) is 5.56 Å². The summed E-state index contributed by atoms with van der Waals surface area (Å²) in [5.41, 5.74) is 7.84. The van der Waals surface area contributed by atoms with Crippen LogP contribution in [0, 0.1) is 5.92 Å². The van der Waals surface area contributed by atoms with Crippen molar-refractivity contribution in [2.45, 2.75) is 39.7 Å². The fraction of sp³-hybridized carbons (Fsp3) is 0.500. The normalized spacial score (nSPS) is 12.9. The van der Waals surface area contributed by atoms with Crippen LogP contribution < -0.4 is 11.1 Å². The number of carbonyl (C=O) groups is 1. The Hall–Kier alpha value is -1.35. The van der Waals surface area contributed by atoms with Crippen molar-refractivity contribution in [3.05, 3.63) is 29.8 Å². The van der Waals surface area contributed by atoms with Crippen molar-refractivity contribution < 1.29 is 4.79 Å². The second-order valence-corrected chi connectivity index (χ2v) is 5.04. The molecule has 0 saturated carbocycles. The molecule has 0 aliphatic carbocycles. The average Bonchev–Trinajstić information content (AvgIpc) is 2.28. The molecule has 0 radical (unpaired) electrons. The van der Waals surface area contributed by atoms with Gasteiger partial charge in [0.05, 0.1) is 6.04 Å². The molecule has 1 atom stereocenters. The fourth-order valence-corrected chi connectivity index (χ4v) is 1.48. The summed E-state index contributed by atoms with van der Waals surface area (Å²) in [5, 5.41) is 2.83. The number of anilines is 1. The number of nitrogens with one attached hydrogen (secondary N) is 1. The summed E-state index contributed by atoms with van der Waals surface area (Å²) in [7, 11) is 0. The van der Waals surface area contributed by atoms with Crippen LogP contribution in [-0.4, -0.2) is 11.9 Å². The Morgan fingerprint density at radius 1 is 1.12 bits per heavy atom. The molecule has 1 aromatic carbocycles. The number of rotatable bonds is 4. The largest absolute Gasteiger partial charge is 0.325 e. The highest BCUT2D eigenvalue weighted by molar-refractivity contribution is 5.94. The van der Waals surface area contributed by atoms with Crippen molar-refractivity contribution in [2.24, 2.45) is 11.7 Å². The molecule has 0 aliphatic heterocycles. The zero-order chi connectivity index (χ0) is 13.0. The van der Waals surface area contributed by atoms with Gasteiger partial charge in [0.1, 0.15) is 0 Å². The lowest BCUT2D eigenvalue weighted by atomic mass is 10.0. The van der Waals surface area contributed by atoms with Crippen LogP contribution in [0.5, 0.6) is 0 Å². The molecular formula is C14H22N2O. The Bertz CT molecular complexity index is 368. The van der Waals surface area contributed by atoms with Gasteiger partial charge >= 0.3 is 0 Å². The van der Waals surface area contributed by atoms with Gasteiger partial charge in [-0.2, -0.15) is 0 Å². The number of nitrogens with two attached hydrogens (primary N) is 1. The third-order valence-corrected chi connectivity index (χ3v) is 2.87. The van der Waals surface area contributed by atoms with Crippen LogP contribution in [0.25, 0.3) is 0 Å². The van der Waals surface area contributed by atoms with Gasteiger partial charge in [-0.25, -0.2) is 0 Å². The summed E-state index contributed by atoms with van der Waals surface area (Å²) in [6.07, 6.45) is 0. The SMILES string of the molecule is CC(C)c1ccc(NC(=O)C(N)C(C)C)cc1. The van der Waals surface area contributed by atoms with E-state index < -0.39 is 6.04 Å². The van der Waals surface area contributed by atoms with Crippen LogP contribution in [-0.2, 0) is 4.79 Å². The van der Waals surface area contributed by atoms with Gasteiger partial charge in [-0.3, -0.25) is 4.79 Å². The topological polar surface area (TPSA) is 55.1 Å². The summed E-state index contributed by atoms with van der Waals surface area (Å²) in [6, 6.07) is 7.43. The summed E-state index contributed by atoms with van der Waals surface area (Å²) in [6.45, 7) is 8.16. The second-order valence-electron chi connectivity index (χ2n) is 5.04. The molecule has 0 bridgehead atoms. The molecule has 1 amide bonds. The molecule has 0 aliphatic rings.